The zero-order valence-corrected chi connectivity index (χ0v) is 14.3. The van der Waals surface area contributed by atoms with Crippen molar-refractivity contribution in [3.8, 4) is 5.69 Å². The third-order valence-electron chi connectivity index (χ3n) is 3.61. The van der Waals surface area contributed by atoms with E-state index in [0.29, 0.717) is 11.4 Å². The first kappa shape index (κ1) is 17.9. The van der Waals surface area contributed by atoms with E-state index < -0.39 is 17.8 Å². The van der Waals surface area contributed by atoms with Crippen molar-refractivity contribution in [2.45, 2.75) is 19.6 Å². The molecule has 0 aliphatic heterocycles. The second-order valence-corrected chi connectivity index (χ2v) is 6.27. The Labute approximate surface area is 149 Å². The number of thiazole rings is 1. The van der Waals surface area contributed by atoms with Gasteiger partial charge < -0.3 is 5.32 Å². The Kier molecular flexibility index (Phi) is 4.68. The van der Waals surface area contributed by atoms with E-state index in [-0.39, 0.29) is 17.1 Å². The molecule has 3 rings (SSSR count). The number of aryl methyl sites for hydroxylation is 1. The molecular formula is C16H13F3N4O2S. The van der Waals surface area contributed by atoms with Crippen LogP contribution in [0.5, 0.6) is 0 Å². The van der Waals surface area contributed by atoms with Gasteiger partial charge in [-0.25, -0.2) is 4.68 Å². The van der Waals surface area contributed by atoms with Gasteiger partial charge in [0.15, 0.2) is 0 Å². The molecule has 2 heterocycles. The molecule has 0 saturated carbocycles. The minimum atomic E-state index is -4.52. The van der Waals surface area contributed by atoms with Gasteiger partial charge in [0.1, 0.15) is 12.2 Å². The minimum Gasteiger partial charge on any atom is -0.325 e. The van der Waals surface area contributed by atoms with Crippen LogP contribution in [0.1, 0.15) is 11.4 Å². The first-order valence-corrected chi connectivity index (χ1v) is 8.30. The van der Waals surface area contributed by atoms with Crippen molar-refractivity contribution in [1.82, 2.24) is 14.3 Å². The van der Waals surface area contributed by atoms with Gasteiger partial charge in [0.2, 0.25) is 5.91 Å². The second kappa shape index (κ2) is 6.79. The summed E-state index contributed by atoms with van der Waals surface area (Å²) in [6.45, 7) is 1.59. The van der Waals surface area contributed by atoms with Crippen LogP contribution >= 0.6 is 11.3 Å². The van der Waals surface area contributed by atoms with Crippen LogP contribution in [0.2, 0.25) is 0 Å². The van der Waals surface area contributed by atoms with Crippen LogP contribution in [0.25, 0.3) is 5.69 Å². The Morgan fingerprint density at radius 3 is 2.50 bits per heavy atom. The lowest BCUT2D eigenvalue weighted by Gasteiger charge is -2.11. The quantitative estimate of drug-likeness (QED) is 0.754. The van der Waals surface area contributed by atoms with Gasteiger partial charge in [-0.3, -0.25) is 14.2 Å². The summed E-state index contributed by atoms with van der Waals surface area (Å²) in [7, 11) is 0. The molecule has 0 unspecified atom stereocenters. The lowest BCUT2D eigenvalue weighted by Crippen LogP contribution is -2.25. The van der Waals surface area contributed by atoms with Crippen LogP contribution in [-0.4, -0.2) is 20.3 Å². The van der Waals surface area contributed by atoms with Crippen LogP contribution in [0.3, 0.4) is 0 Å². The van der Waals surface area contributed by atoms with Gasteiger partial charge in [0.25, 0.3) is 0 Å². The van der Waals surface area contributed by atoms with E-state index in [1.165, 1.54) is 28.8 Å². The highest BCUT2D eigenvalue weighted by molar-refractivity contribution is 7.07. The first-order chi connectivity index (χ1) is 12.3. The summed E-state index contributed by atoms with van der Waals surface area (Å²) in [4.78, 5) is 23.4. The molecule has 0 bridgehead atoms. The van der Waals surface area contributed by atoms with E-state index >= 15 is 0 Å². The molecule has 0 fully saturated rings. The summed E-state index contributed by atoms with van der Waals surface area (Å²) < 4.78 is 40.9. The molecule has 10 heteroatoms. The number of alkyl halides is 3. The van der Waals surface area contributed by atoms with E-state index in [0.717, 1.165) is 28.3 Å². The van der Waals surface area contributed by atoms with E-state index in [9.17, 15) is 22.8 Å². The monoisotopic (exact) mass is 382 g/mol. The number of hydrogen-bond donors (Lipinski definition) is 1. The van der Waals surface area contributed by atoms with E-state index in [4.69, 9.17) is 0 Å². The fourth-order valence-electron chi connectivity index (χ4n) is 2.35. The fraction of sp³-hybridized carbons (Fsp3) is 0.188. The molecule has 0 saturated heterocycles. The Balaban J connectivity index is 1.73. The zero-order valence-electron chi connectivity index (χ0n) is 13.4. The van der Waals surface area contributed by atoms with E-state index in [1.54, 1.807) is 12.3 Å². The molecule has 6 nitrogen and oxygen atoms in total. The average molecular weight is 382 g/mol. The third kappa shape index (κ3) is 3.69. The molecule has 2 aromatic heterocycles. The lowest BCUT2D eigenvalue weighted by molar-refractivity contribution is -0.142. The summed E-state index contributed by atoms with van der Waals surface area (Å²) in [6, 6.07) is 6.66. The van der Waals surface area contributed by atoms with Crippen LogP contribution in [0.4, 0.5) is 18.9 Å². The van der Waals surface area contributed by atoms with Crippen LogP contribution in [0, 0.1) is 6.92 Å². The summed E-state index contributed by atoms with van der Waals surface area (Å²) in [6.07, 6.45) is -3.45. The summed E-state index contributed by atoms with van der Waals surface area (Å²) in [5.41, 5.74) is 0.413. The molecule has 1 amide bonds. The van der Waals surface area contributed by atoms with Gasteiger partial charge >= 0.3 is 11.0 Å². The number of nitrogens with zero attached hydrogens (tertiary/aromatic N) is 3. The Morgan fingerprint density at radius 1 is 1.23 bits per heavy atom. The number of halogens is 3. The highest BCUT2D eigenvalue weighted by Crippen LogP contribution is 2.30. The first-order valence-electron chi connectivity index (χ1n) is 7.42. The molecule has 0 spiro atoms. The van der Waals surface area contributed by atoms with Crippen molar-refractivity contribution in [2.24, 2.45) is 0 Å². The zero-order chi connectivity index (χ0) is 18.9. The second-order valence-electron chi connectivity index (χ2n) is 5.45. The van der Waals surface area contributed by atoms with Gasteiger partial charge in [0, 0.05) is 16.8 Å². The number of hydrogen-bond acceptors (Lipinski definition) is 4. The van der Waals surface area contributed by atoms with Crippen molar-refractivity contribution >= 4 is 22.9 Å². The molecule has 0 aliphatic rings. The predicted molar refractivity (Wildman–Crippen MR) is 90.5 cm³/mol. The molecule has 3 aromatic rings. The molecule has 136 valence electrons. The van der Waals surface area contributed by atoms with Gasteiger partial charge in [0.05, 0.1) is 11.9 Å². The van der Waals surface area contributed by atoms with E-state index in [2.05, 4.69) is 10.4 Å². The smallest absolute Gasteiger partial charge is 0.325 e. The Morgan fingerprint density at radius 2 is 1.92 bits per heavy atom. The maximum Gasteiger partial charge on any atom is 0.433 e. The van der Waals surface area contributed by atoms with E-state index in [1.807, 2.05) is 0 Å². The number of amides is 1. The molecule has 0 aliphatic carbocycles. The summed E-state index contributed by atoms with van der Waals surface area (Å²) >= 11 is 1.01. The van der Waals surface area contributed by atoms with Crippen LogP contribution in [-0.2, 0) is 17.5 Å². The molecule has 0 atom stereocenters. The van der Waals surface area contributed by atoms with Crippen molar-refractivity contribution in [3.63, 3.8) is 0 Å². The predicted octanol–water partition coefficient (Wildman–Crippen LogP) is 3.06. The SMILES string of the molecule is Cc1csc(=O)n1CC(=O)Nc1ccc(-n2nccc2C(F)(F)F)cc1. The fourth-order valence-corrected chi connectivity index (χ4v) is 3.08. The van der Waals surface area contributed by atoms with Gasteiger partial charge in [-0.05, 0) is 37.3 Å². The molecule has 1 N–H and O–H groups in total. The van der Waals surface area contributed by atoms with Crippen molar-refractivity contribution in [1.29, 1.82) is 0 Å². The van der Waals surface area contributed by atoms with Gasteiger partial charge in [-0.15, -0.1) is 0 Å². The minimum absolute atomic E-state index is 0.132. The number of aromatic nitrogens is 3. The highest BCUT2D eigenvalue weighted by Gasteiger charge is 2.35. The Bertz CT molecular complexity index is 986. The normalized spacial score (nSPS) is 11.5. The topological polar surface area (TPSA) is 68.9 Å². The maximum absolute atomic E-state index is 12.9. The average Bonchev–Trinajstić information content (AvgIpc) is 3.18. The van der Waals surface area contributed by atoms with Gasteiger partial charge in [-0.2, -0.15) is 18.3 Å². The van der Waals surface area contributed by atoms with Crippen molar-refractivity contribution in [3.05, 3.63) is 63.0 Å². The van der Waals surface area contributed by atoms with Crippen molar-refractivity contribution in [2.75, 3.05) is 5.32 Å². The number of rotatable bonds is 4. The van der Waals surface area contributed by atoms with Crippen LogP contribution < -0.4 is 10.2 Å². The Hall–Kier alpha value is -2.88. The lowest BCUT2D eigenvalue weighted by atomic mass is 10.2. The number of anilines is 1. The number of carbonyl (C=O) groups excluding carboxylic acids is 1. The molecule has 1 aromatic carbocycles. The number of benzene rings is 1. The molecular weight excluding hydrogens is 369 g/mol. The summed E-state index contributed by atoms with van der Waals surface area (Å²) in [5.74, 6) is -0.406. The molecule has 26 heavy (non-hydrogen) atoms. The maximum atomic E-state index is 12.9. The number of carbonyl (C=O) groups is 1. The largest absolute Gasteiger partial charge is 0.433 e. The third-order valence-corrected chi connectivity index (χ3v) is 4.49. The summed E-state index contributed by atoms with van der Waals surface area (Å²) in [5, 5.41) is 7.95. The number of nitrogens with one attached hydrogen (secondary N) is 1. The standard InChI is InChI=1S/C16H13F3N4O2S/c1-10-9-26-15(25)22(10)8-14(24)21-11-2-4-12(5-3-11)23-13(6-7-20-23)16(17,18)19/h2-7,9H,8H2,1H3,(H,21,24). The van der Waals surface area contributed by atoms with Crippen LogP contribution in [0.15, 0.2) is 46.7 Å². The molecule has 0 radical (unpaired) electrons. The van der Waals surface area contributed by atoms with Gasteiger partial charge in [-0.1, -0.05) is 11.3 Å². The van der Waals surface area contributed by atoms with Crippen molar-refractivity contribution < 1.29 is 18.0 Å². The highest BCUT2D eigenvalue weighted by atomic mass is 32.1.